The molecule has 1 atom stereocenters. The van der Waals surface area contributed by atoms with Gasteiger partial charge in [0.15, 0.2) is 0 Å². The van der Waals surface area contributed by atoms with Gasteiger partial charge >= 0.3 is 0 Å². The van der Waals surface area contributed by atoms with Crippen molar-refractivity contribution in [2.24, 2.45) is 0 Å². The molecule has 0 bridgehead atoms. The lowest BCUT2D eigenvalue weighted by atomic mass is 10.2. The lowest BCUT2D eigenvalue weighted by Gasteiger charge is -2.37. The molecule has 1 unspecified atom stereocenters. The molecule has 1 saturated heterocycles. The molecule has 2 rings (SSSR count). The molecule has 1 aliphatic rings. The first kappa shape index (κ1) is 21.6. The summed E-state index contributed by atoms with van der Waals surface area (Å²) >= 11 is 6.03. The largest absolute Gasteiger partial charge is 0.340 e. The number of anilines is 1. The Morgan fingerprint density at radius 2 is 1.78 bits per heavy atom. The lowest BCUT2D eigenvalue weighted by molar-refractivity contribution is -0.131. The second-order valence-corrected chi connectivity index (χ2v) is 9.17. The van der Waals surface area contributed by atoms with Gasteiger partial charge in [-0.2, -0.15) is 0 Å². The van der Waals surface area contributed by atoms with Crippen LogP contribution in [-0.2, 0) is 19.6 Å². The molecule has 0 aliphatic carbocycles. The number of nitrogens with zero attached hydrogens (tertiary/aromatic N) is 3. The van der Waals surface area contributed by atoms with Crippen LogP contribution >= 0.6 is 11.6 Å². The van der Waals surface area contributed by atoms with Crippen LogP contribution in [0.2, 0.25) is 5.02 Å². The Balaban J connectivity index is 2.09. The minimum atomic E-state index is -3.72. The number of amides is 2. The normalized spacial score (nSPS) is 17.0. The molecule has 1 heterocycles. The number of hydrogen-bond donors (Lipinski definition) is 1. The van der Waals surface area contributed by atoms with E-state index in [1.54, 1.807) is 17.9 Å². The average Bonchev–Trinajstić information content (AvgIpc) is 2.62. The van der Waals surface area contributed by atoms with Crippen molar-refractivity contribution in [1.29, 1.82) is 0 Å². The first-order valence-corrected chi connectivity index (χ1v) is 10.4. The number of rotatable bonds is 5. The molecule has 1 N–H and O–H groups in total. The van der Waals surface area contributed by atoms with E-state index in [1.165, 1.54) is 33.2 Å². The third kappa shape index (κ3) is 4.98. The Hall–Kier alpha value is -1.68. The molecule has 0 saturated carbocycles. The SMILES string of the molecule is CC(=O)N1CCN(C(C)C(=O)Nc2ccc(Cl)c(S(=O)(=O)N(C)C)c2)CC1. The van der Waals surface area contributed by atoms with E-state index >= 15 is 0 Å². The Bertz CT molecular complexity index is 820. The van der Waals surface area contributed by atoms with Gasteiger partial charge in [0.05, 0.1) is 11.1 Å². The number of piperazine rings is 1. The molecular weight excluding hydrogens is 392 g/mol. The van der Waals surface area contributed by atoms with E-state index in [0.29, 0.717) is 31.9 Å². The molecule has 2 amide bonds. The quantitative estimate of drug-likeness (QED) is 0.775. The first-order chi connectivity index (χ1) is 12.5. The van der Waals surface area contributed by atoms with Crippen molar-refractivity contribution < 1.29 is 18.0 Å². The Morgan fingerprint density at radius 1 is 1.19 bits per heavy atom. The molecule has 27 heavy (non-hydrogen) atoms. The summed E-state index contributed by atoms with van der Waals surface area (Å²) in [7, 11) is -0.886. The second kappa shape index (κ2) is 8.55. The van der Waals surface area contributed by atoms with Crippen molar-refractivity contribution in [3.05, 3.63) is 23.2 Å². The van der Waals surface area contributed by atoms with E-state index in [1.807, 2.05) is 4.90 Å². The maximum absolute atomic E-state index is 12.6. The van der Waals surface area contributed by atoms with Gasteiger partial charge in [-0.05, 0) is 25.1 Å². The van der Waals surface area contributed by atoms with Crippen LogP contribution in [0.3, 0.4) is 0 Å². The fraction of sp³-hybridized carbons (Fsp3) is 0.529. The van der Waals surface area contributed by atoms with Crippen molar-refractivity contribution in [3.8, 4) is 0 Å². The number of halogens is 1. The summed E-state index contributed by atoms with van der Waals surface area (Å²) in [6.45, 7) is 5.69. The van der Waals surface area contributed by atoms with Crippen LogP contribution in [-0.4, -0.2) is 80.7 Å². The summed E-state index contributed by atoms with van der Waals surface area (Å²) in [4.78, 5) is 27.7. The van der Waals surface area contributed by atoms with Crippen LogP contribution in [0.4, 0.5) is 5.69 Å². The highest BCUT2D eigenvalue weighted by Gasteiger charge is 2.27. The van der Waals surface area contributed by atoms with Gasteiger partial charge in [-0.3, -0.25) is 14.5 Å². The molecule has 1 aromatic carbocycles. The summed E-state index contributed by atoms with van der Waals surface area (Å²) in [5, 5.41) is 2.84. The highest BCUT2D eigenvalue weighted by atomic mass is 35.5. The Labute approximate surface area is 165 Å². The van der Waals surface area contributed by atoms with Gasteiger partial charge < -0.3 is 10.2 Å². The molecule has 10 heteroatoms. The maximum atomic E-state index is 12.6. The van der Waals surface area contributed by atoms with E-state index in [2.05, 4.69) is 5.32 Å². The number of hydrogen-bond acceptors (Lipinski definition) is 5. The van der Waals surface area contributed by atoms with Gasteiger partial charge in [-0.15, -0.1) is 0 Å². The number of carbonyl (C=O) groups is 2. The van der Waals surface area contributed by atoms with Gasteiger partial charge in [0.25, 0.3) is 0 Å². The first-order valence-electron chi connectivity index (χ1n) is 8.56. The minimum Gasteiger partial charge on any atom is -0.340 e. The Morgan fingerprint density at radius 3 is 2.30 bits per heavy atom. The molecule has 8 nitrogen and oxygen atoms in total. The van der Waals surface area contributed by atoms with Gasteiger partial charge in [-0.25, -0.2) is 12.7 Å². The van der Waals surface area contributed by atoms with Gasteiger partial charge in [0.2, 0.25) is 21.8 Å². The zero-order chi connectivity index (χ0) is 20.4. The van der Waals surface area contributed by atoms with Crippen LogP contribution in [0.25, 0.3) is 0 Å². The van der Waals surface area contributed by atoms with Crippen LogP contribution in [0.5, 0.6) is 0 Å². The van der Waals surface area contributed by atoms with E-state index < -0.39 is 16.1 Å². The summed E-state index contributed by atoms with van der Waals surface area (Å²) in [5.74, 6) is -0.218. The van der Waals surface area contributed by atoms with Gasteiger partial charge in [-0.1, -0.05) is 11.6 Å². The Kier molecular flexibility index (Phi) is 6.85. The smallest absolute Gasteiger partial charge is 0.244 e. The fourth-order valence-electron chi connectivity index (χ4n) is 2.81. The minimum absolute atomic E-state index is 0.0301. The summed E-state index contributed by atoms with van der Waals surface area (Å²) in [6, 6.07) is 3.96. The molecule has 0 spiro atoms. The molecule has 0 aromatic heterocycles. The van der Waals surface area contributed by atoms with Crippen molar-refractivity contribution in [2.75, 3.05) is 45.6 Å². The predicted octanol–water partition coefficient (Wildman–Crippen LogP) is 1.08. The van der Waals surface area contributed by atoms with Gasteiger partial charge in [0.1, 0.15) is 4.90 Å². The topological polar surface area (TPSA) is 90.0 Å². The molecule has 1 aliphatic heterocycles. The maximum Gasteiger partial charge on any atom is 0.244 e. The monoisotopic (exact) mass is 416 g/mol. The fourth-order valence-corrected chi connectivity index (χ4v) is 4.21. The summed E-state index contributed by atoms with van der Waals surface area (Å²) < 4.78 is 25.8. The van der Waals surface area contributed by atoms with E-state index in [9.17, 15) is 18.0 Å². The molecule has 0 radical (unpaired) electrons. The zero-order valence-corrected chi connectivity index (χ0v) is 17.5. The third-order valence-corrected chi connectivity index (χ3v) is 6.94. The predicted molar refractivity (Wildman–Crippen MR) is 104 cm³/mol. The summed E-state index contributed by atoms with van der Waals surface area (Å²) in [5.41, 5.74) is 0.360. The average molecular weight is 417 g/mol. The second-order valence-electron chi connectivity index (χ2n) is 6.64. The van der Waals surface area contributed by atoms with Crippen molar-refractivity contribution in [3.63, 3.8) is 0 Å². The van der Waals surface area contributed by atoms with Crippen molar-refractivity contribution in [2.45, 2.75) is 24.8 Å². The van der Waals surface area contributed by atoms with Crippen LogP contribution < -0.4 is 5.32 Å². The highest BCUT2D eigenvalue weighted by molar-refractivity contribution is 7.89. The lowest BCUT2D eigenvalue weighted by Crippen LogP contribution is -2.53. The standard InChI is InChI=1S/C17H25ClN4O4S/c1-12(21-7-9-22(10-8-21)13(2)23)17(24)19-14-5-6-15(18)16(11-14)27(25,26)20(3)4/h5-6,11-12H,7-10H2,1-4H3,(H,19,24). The van der Waals surface area contributed by atoms with Crippen LogP contribution in [0.1, 0.15) is 13.8 Å². The van der Waals surface area contributed by atoms with Crippen LogP contribution in [0.15, 0.2) is 23.1 Å². The molecular formula is C17H25ClN4O4S. The van der Waals surface area contributed by atoms with Crippen LogP contribution in [0, 0.1) is 0 Å². The third-order valence-electron chi connectivity index (χ3n) is 4.64. The molecule has 150 valence electrons. The number of sulfonamides is 1. The van der Waals surface area contributed by atoms with Crippen molar-refractivity contribution >= 4 is 39.1 Å². The molecule has 1 fully saturated rings. The summed E-state index contributed by atoms with van der Waals surface area (Å²) in [6.07, 6.45) is 0. The van der Waals surface area contributed by atoms with Gasteiger partial charge in [0, 0.05) is 52.9 Å². The van der Waals surface area contributed by atoms with Crippen molar-refractivity contribution in [1.82, 2.24) is 14.1 Å². The zero-order valence-electron chi connectivity index (χ0n) is 15.9. The van der Waals surface area contributed by atoms with E-state index in [4.69, 9.17) is 11.6 Å². The molecule has 1 aromatic rings. The highest BCUT2D eigenvalue weighted by Crippen LogP contribution is 2.27. The number of nitrogens with one attached hydrogen (secondary N) is 1. The number of benzene rings is 1. The van der Waals surface area contributed by atoms with E-state index in [0.717, 1.165) is 4.31 Å². The number of carbonyl (C=O) groups excluding carboxylic acids is 2. The van der Waals surface area contributed by atoms with E-state index in [-0.39, 0.29) is 21.7 Å².